The van der Waals surface area contributed by atoms with Crippen LogP contribution in [-0.4, -0.2) is 56.6 Å². The predicted molar refractivity (Wildman–Crippen MR) is 360 cm³/mol. The van der Waals surface area contributed by atoms with Gasteiger partial charge in [0.15, 0.2) is 0 Å². The molecule has 0 bridgehead atoms. The van der Waals surface area contributed by atoms with Gasteiger partial charge in [-0.25, -0.2) is 0 Å². The summed E-state index contributed by atoms with van der Waals surface area (Å²) in [6.07, 6.45) is 1.69. The first-order valence-electron chi connectivity index (χ1n) is 31.7. The Labute approximate surface area is 538 Å². The lowest BCUT2D eigenvalue weighted by Gasteiger charge is -2.34. The van der Waals surface area contributed by atoms with E-state index < -0.39 is 28.1 Å². The third kappa shape index (κ3) is 12.3. The lowest BCUT2D eigenvalue weighted by molar-refractivity contribution is -0.165. The van der Waals surface area contributed by atoms with Gasteiger partial charge in [-0.15, -0.1) is 0 Å². The van der Waals surface area contributed by atoms with Crippen molar-refractivity contribution in [2.24, 2.45) is 0 Å². The van der Waals surface area contributed by atoms with Crippen LogP contribution in [0, 0.1) is 0 Å². The van der Waals surface area contributed by atoms with Gasteiger partial charge in [-0.05, 0) is 180 Å². The molecule has 0 saturated carbocycles. The summed E-state index contributed by atoms with van der Waals surface area (Å²) in [7, 11) is 0. The van der Waals surface area contributed by atoms with Gasteiger partial charge < -0.3 is 33.5 Å². The second-order valence-electron chi connectivity index (χ2n) is 25.4. The number of fused-ring (bicyclic) bond motifs is 2. The zero-order valence-corrected chi connectivity index (χ0v) is 53.1. The summed E-state index contributed by atoms with van der Waals surface area (Å²) >= 11 is 3.59. The van der Waals surface area contributed by atoms with Gasteiger partial charge in [0.05, 0.1) is 37.6 Å². The standard InChI is InChI=1S/C81H76O7S2/c1-78(2,57-25-29-60(30-26-57)81(62-35-39-65(40-36-62)88-77-45-46-83-77)50-74(56-19-11-6-12-20-56)72-44-42-70(48-76(72)81)90-68-23-15-8-16-24-68)86-52-63(82)51-84-64-37-33-61(34-38-64)80(59-31-27-58(28-32-59)79(3,4)87-54-66-53-85-66)49-73(55-17-9-5-10-18-55)71-43-41-69(47-75(71)80)89-67-21-13-7-14-22-67/h5-44,47-48,63,66,73-74,77,82H,45-46,49-54H2,1-4H3. The minimum absolute atomic E-state index is 0.0667. The molecular weight excluding hydrogens is 1150 g/mol. The maximum absolute atomic E-state index is 11.6. The molecule has 7 unspecified atom stereocenters. The molecule has 2 aliphatic carbocycles. The molecule has 2 heterocycles. The highest BCUT2D eigenvalue weighted by atomic mass is 32.2. The zero-order chi connectivity index (χ0) is 61.3. The lowest BCUT2D eigenvalue weighted by Crippen LogP contribution is -2.32. The Hall–Kier alpha value is -7.70. The molecule has 14 rings (SSSR count). The Morgan fingerprint density at radius 2 is 0.878 bits per heavy atom. The molecule has 0 aromatic heterocycles. The van der Waals surface area contributed by atoms with Gasteiger partial charge in [0.1, 0.15) is 30.3 Å². The molecule has 0 radical (unpaired) electrons. The van der Waals surface area contributed by atoms with Crippen LogP contribution in [0.1, 0.15) is 126 Å². The maximum atomic E-state index is 11.6. The van der Waals surface area contributed by atoms with Crippen LogP contribution in [0.5, 0.6) is 11.5 Å². The number of ether oxygens (including phenoxy) is 6. The van der Waals surface area contributed by atoms with E-state index in [4.69, 9.17) is 28.4 Å². The number of benzene rings is 10. The third-order valence-electron chi connectivity index (χ3n) is 19.0. The number of rotatable bonds is 23. The van der Waals surface area contributed by atoms with E-state index in [1.165, 1.54) is 75.2 Å². The Kier molecular flexibility index (Phi) is 17.0. The van der Waals surface area contributed by atoms with E-state index in [-0.39, 0.29) is 37.4 Å². The van der Waals surface area contributed by atoms with Gasteiger partial charge in [-0.2, -0.15) is 0 Å². The highest BCUT2D eigenvalue weighted by molar-refractivity contribution is 7.99. The van der Waals surface area contributed by atoms with Gasteiger partial charge in [-0.3, -0.25) is 0 Å². The highest BCUT2D eigenvalue weighted by Gasteiger charge is 2.49. The van der Waals surface area contributed by atoms with Gasteiger partial charge >= 0.3 is 0 Å². The molecule has 454 valence electrons. The Morgan fingerprint density at radius 3 is 1.30 bits per heavy atom. The van der Waals surface area contributed by atoms with E-state index in [1.54, 1.807) is 23.5 Å². The van der Waals surface area contributed by atoms with Crippen molar-refractivity contribution in [1.29, 1.82) is 0 Å². The second kappa shape index (κ2) is 25.5. The molecule has 9 heteroatoms. The average molecular weight is 1230 g/mol. The van der Waals surface area contributed by atoms with Gasteiger partial charge in [-0.1, -0.05) is 206 Å². The number of hydrogen-bond acceptors (Lipinski definition) is 9. The van der Waals surface area contributed by atoms with Crippen LogP contribution in [0.4, 0.5) is 0 Å². The summed E-state index contributed by atoms with van der Waals surface area (Å²) in [4.78, 5) is 4.79. The molecule has 2 aliphatic heterocycles. The van der Waals surface area contributed by atoms with Crippen LogP contribution in [0.25, 0.3) is 0 Å². The minimum Gasteiger partial charge on any atom is -0.491 e. The van der Waals surface area contributed by atoms with E-state index in [1.807, 2.05) is 0 Å². The first-order valence-corrected chi connectivity index (χ1v) is 33.3. The van der Waals surface area contributed by atoms with Crippen LogP contribution in [0.2, 0.25) is 0 Å². The molecule has 10 aromatic rings. The van der Waals surface area contributed by atoms with Crippen LogP contribution in [-0.2, 0) is 41.0 Å². The number of epoxide rings is 1. The molecule has 0 amide bonds. The summed E-state index contributed by atoms with van der Waals surface area (Å²) in [5, 5.41) is 11.6. The average Bonchev–Trinajstić information content (AvgIpc) is 1.55. The molecule has 4 aliphatic rings. The SMILES string of the molecule is CC(C)(OCC(O)COc1ccc(C2(c3ccc(C(C)(C)OCC4CO4)cc3)CC(c3ccccc3)c3ccc(Sc4ccccc4)cc32)cc1)c1ccc(C2(c3ccc(OC4CCO4)cc3)CC(c3ccccc3)c3ccc(Sc4ccccc4)cc32)cc1. The van der Waals surface area contributed by atoms with Crippen molar-refractivity contribution in [3.63, 3.8) is 0 Å². The summed E-state index contributed by atoms with van der Waals surface area (Å²) in [5.74, 6) is 1.81. The van der Waals surface area contributed by atoms with Crippen LogP contribution >= 0.6 is 23.5 Å². The lowest BCUT2D eigenvalue weighted by atomic mass is 9.69. The van der Waals surface area contributed by atoms with E-state index >= 15 is 0 Å². The first kappa shape index (κ1) is 59.9. The van der Waals surface area contributed by atoms with E-state index in [0.29, 0.717) is 12.4 Å². The van der Waals surface area contributed by atoms with Crippen molar-refractivity contribution in [3.8, 4) is 11.5 Å². The molecule has 7 nitrogen and oxygen atoms in total. The van der Waals surface area contributed by atoms with Crippen molar-refractivity contribution < 1.29 is 33.5 Å². The van der Waals surface area contributed by atoms with E-state index in [2.05, 4.69) is 282 Å². The summed E-state index contributed by atoms with van der Waals surface area (Å²) in [6, 6.07) is 92.7. The summed E-state index contributed by atoms with van der Waals surface area (Å²) in [5.41, 5.74) is 12.6. The monoisotopic (exact) mass is 1220 g/mol. The van der Waals surface area contributed by atoms with Gasteiger partial charge in [0.25, 0.3) is 0 Å². The molecule has 90 heavy (non-hydrogen) atoms. The molecule has 1 N–H and O–H groups in total. The van der Waals surface area contributed by atoms with Crippen LogP contribution in [0.15, 0.2) is 274 Å². The Balaban J connectivity index is 0.718. The highest BCUT2D eigenvalue weighted by Crippen LogP contribution is 2.59. The normalized spacial score (nSPS) is 21.2. The van der Waals surface area contributed by atoms with Crippen molar-refractivity contribution in [2.75, 3.05) is 33.0 Å². The molecule has 7 atom stereocenters. The largest absolute Gasteiger partial charge is 0.491 e. The molecular formula is C81H76O7S2. The topological polar surface area (TPSA) is 78.9 Å². The predicted octanol–water partition coefficient (Wildman–Crippen LogP) is 18.2. The van der Waals surface area contributed by atoms with Crippen molar-refractivity contribution in [3.05, 3.63) is 322 Å². The fraction of sp³-hybridized carbons (Fsp3) is 0.259. The molecule has 2 saturated heterocycles. The second-order valence-corrected chi connectivity index (χ2v) is 27.7. The zero-order valence-electron chi connectivity index (χ0n) is 51.5. The maximum Gasteiger partial charge on any atom is 0.202 e. The number of aliphatic hydroxyl groups excluding tert-OH is 1. The quantitative estimate of drug-likeness (QED) is 0.0630. The van der Waals surface area contributed by atoms with Crippen molar-refractivity contribution >= 4 is 23.5 Å². The molecule has 0 spiro atoms. The molecule has 2 fully saturated rings. The third-order valence-corrected chi connectivity index (χ3v) is 21.0. The Morgan fingerprint density at radius 1 is 0.467 bits per heavy atom. The fourth-order valence-electron chi connectivity index (χ4n) is 13.8. The van der Waals surface area contributed by atoms with Crippen LogP contribution in [0.3, 0.4) is 0 Å². The first-order chi connectivity index (χ1) is 43.9. The van der Waals surface area contributed by atoms with Crippen LogP contribution < -0.4 is 9.47 Å². The number of hydrogen-bond donors (Lipinski definition) is 1. The van der Waals surface area contributed by atoms with Gasteiger partial charge in [0, 0.05) is 48.7 Å². The van der Waals surface area contributed by atoms with Crippen molar-refractivity contribution in [1.82, 2.24) is 0 Å². The van der Waals surface area contributed by atoms with Crippen molar-refractivity contribution in [2.45, 2.75) is 119 Å². The summed E-state index contributed by atoms with van der Waals surface area (Å²) < 4.78 is 36.9. The smallest absolute Gasteiger partial charge is 0.202 e. The van der Waals surface area contributed by atoms with E-state index in [9.17, 15) is 5.11 Å². The fourth-order valence-corrected chi connectivity index (χ4v) is 15.6. The minimum atomic E-state index is -0.883. The number of aliphatic hydroxyl groups is 1. The Bertz CT molecular complexity index is 4040. The summed E-state index contributed by atoms with van der Waals surface area (Å²) in [6.45, 7) is 10.7. The van der Waals surface area contributed by atoms with E-state index in [0.717, 1.165) is 49.4 Å². The van der Waals surface area contributed by atoms with Gasteiger partial charge in [0.2, 0.25) is 6.29 Å². The molecule has 10 aromatic carbocycles.